The molecule has 1 aliphatic heterocycles. The van der Waals surface area contributed by atoms with Crippen molar-refractivity contribution in [2.45, 2.75) is 32.1 Å². The van der Waals surface area contributed by atoms with Gasteiger partial charge >= 0.3 is 5.97 Å². The molecule has 0 bridgehead atoms. The predicted molar refractivity (Wildman–Crippen MR) is 84.0 cm³/mol. The summed E-state index contributed by atoms with van der Waals surface area (Å²) >= 11 is 0. The molecule has 2 N–H and O–H groups in total. The van der Waals surface area contributed by atoms with Crippen LogP contribution in [0, 0.1) is 5.82 Å². The van der Waals surface area contributed by atoms with Gasteiger partial charge in [0.1, 0.15) is 17.1 Å². The van der Waals surface area contributed by atoms with Crippen LogP contribution in [0.1, 0.15) is 37.7 Å². The molecule has 2 aliphatic rings. The number of hydrogen-bond acceptors (Lipinski definition) is 5. The molecule has 0 saturated carbocycles. The number of carbonyl (C=O) groups excluding carboxylic acids is 2. The van der Waals surface area contributed by atoms with Crippen LogP contribution in [0.5, 0.6) is 0 Å². The van der Waals surface area contributed by atoms with Crippen LogP contribution in [0.25, 0.3) is 0 Å². The Balaban J connectivity index is 2.15. The van der Waals surface area contributed by atoms with Gasteiger partial charge in [0.05, 0.1) is 12.5 Å². The molecular formula is C18H18FNO4. The fourth-order valence-electron chi connectivity index (χ4n) is 3.15. The SMILES string of the molecule is CCOC(=O)C1=C(N)OC2=C(C(=O)CCC2)C1c1ccc(F)cc1. The second-order valence-electron chi connectivity index (χ2n) is 5.70. The maximum atomic E-state index is 13.3. The Morgan fingerprint density at radius 2 is 2.04 bits per heavy atom. The zero-order valence-corrected chi connectivity index (χ0v) is 13.3. The van der Waals surface area contributed by atoms with E-state index in [-0.39, 0.29) is 23.8 Å². The number of nitrogens with two attached hydrogens (primary N) is 1. The maximum absolute atomic E-state index is 13.3. The number of ketones is 1. The van der Waals surface area contributed by atoms with Crippen LogP contribution < -0.4 is 5.73 Å². The summed E-state index contributed by atoms with van der Waals surface area (Å²) in [5.74, 6) is -1.37. The molecule has 0 radical (unpaired) electrons. The van der Waals surface area contributed by atoms with Crippen molar-refractivity contribution in [3.8, 4) is 0 Å². The molecule has 0 saturated heterocycles. The van der Waals surface area contributed by atoms with E-state index in [1.54, 1.807) is 19.1 Å². The minimum Gasteiger partial charge on any atom is -0.462 e. The van der Waals surface area contributed by atoms with Gasteiger partial charge in [-0.05, 0) is 31.0 Å². The summed E-state index contributed by atoms with van der Waals surface area (Å²) in [6.07, 6.45) is 1.64. The summed E-state index contributed by atoms with van der Waals surface area (Å²) in [4.78, 5) is 24.9. The molecule has 3 rings (SSSR count). The van der Waals surface area contributed by atoms with E-state index in [4.69, 9.17) is 15.2 Å². The van der Waals surface area contributed by atoms with Crippen LogP contribution in [0.3, 0.4) is 0 Å². The van der Waals surface area contributed by atoms with Gasteiger partial charge < -0.3 is 15.2 Å². The molecule has 5 nitrogen and oxygen atoms in total. The molecule has 0 amide bonds. The summed E-state index contributed by atoms with van der Waals surface area (Å²) in [7, 11) is 0. The molecule has 126 valence electrons. The molecule has 1 aliphatic carbocycles. The molecule has 1 aromatic carbocycles. The number of Topliss-reactive ketones (excluding diaryl/α,β-unsaturated/α-hetero) is 1. The van der Waals surface area contributed by atoms with E-state index < -0.39 is 17.7 Å². The molecular weight excluding hydrogens is 313 g/mol. The van der Waals surface area contributed by atoms with Gasteiger partial charge in [0, 0.05) is 18.4 Å². The first-order valence-electron chi connectivity index (χ1n) is 7.89. The lowest BCUT2D eigenvalue weighted by molar-refractivity contribution is -0.139. The predicted octanol–water partition coefficient (Wildman–Crippen LogP) is 2.68. The van der Waals surface area contributed by atoms with E-state index in [1.807, 2.05) is 0 Å². The third-order valence-electron chi connectivity index (χ3n) is 4.18. The molecule has 1 aromatic rings. The summed E-state index contributed by atoms with van der Waals surface area (Å²) < 4.78 is 23.9. The Labute approximate surface area is 138 Å². The Kier molecular flexibility index (Phi) is 4.38. The van der Waals surface area contributed by atoms with Crippen molar-refractivity contribution in [1.29, 1.82) is 0 Å². The highest BCUT2D eigenvalue weighted by Crippen LogP contribution is 2.43. The summed E-state index contributed by atoms with van der Waals surface area (Å²) in [5, 5.41) is 0. The first kappa shape index (κ1) is 16.2. The molecule has 24 heavy (non-hydrogen) atoms. The van der Waals surface area contributed by atoms with Crippen molar-refractivity contribution in [2.24, 2.45) is 5.73 Å². The molecule has 1 heterocycles. The zero-order valence-electron chi connectivity index (χ0n) is 13.3. The summed E-state index contributed by atoms with van der Waals surface area (Å²) in [6, 6.07) is 5.67. The lowest BCUT2D eigenvalue weighted by Crippen LogP contribution is -2.31. The van der Waals surface area contributed by atoms with Crippen LogP contribution in [0.2, 0.25) is 0 Å². The van der Waals surface area contributed by atoms with Gasteiger partial charge in [0.15, 0.2) is 5.78 Å². The van der Waals surface area contributed by atoms with Crippen molar-refractivity contribution in [1.82, 2.24) is 0 Å². The van der Waals surface area contributed by atoms with E-state index in [2.05, 4.69) is 0 Å². The van der Waals surface area contributed by atoms with Crippen LogP contribution >= 0.6 is 0 Å². The van der Waals surface area contributed by atoms with E-state index in [1.165, 1.54) is 12.1 Å². The fourth-order valence-corrected chi connectivity index (χ4v) is 3.15. The van der Waals surface area contributed by atoms with Crippen molar-refractivity contribution >= 4 is 11.8 Å². The largest absolute Gasteiger partial charge is 0.462 e. The van der Waals surface area contributed by atoms with Gasteiger partial charge in [-0.1, -0.05) is 12.1 Å². The van der Waals surface area contributed by atoms with E-state index in [0.717, 1.165) is 0 Å². The number of carbonyl (C=O) groups is 2. The molecule has 1 unspecified atom stereocenters. The quantitative estimate of drug-likeness (QED) is 0.862. The number of rotatable bonds is 3. The first-order chi connectivity index (χ1) is 11.5. The fraction of sp³-hybridized carbons (Fsp3) is 0.333. The monoisotopic (exact) mass is 331 g/mol. The van der Waals surface area contributed by atoms with E-state index in [0.29, 0.717) is 36.2 Å². The average molecular weight is 331 g/mol. The Morgan fingerprint density at radius 3 is 2.71 bits per heavy atom. The zero-order chi connectivity index (χ0) is 17.3. The Hall–Kier alpha value is -2.63. The Morgan fingerprint density at radius 1 is 1.33 bits per heavy atom. The molecule has 1 atom stereocenters. The van der Waals surface area contributed by atoms with Crippen molar-refractivity contribution < 1.29 is 23.5 Å². The summed E-state index contributed by atoms with van der Waals surface area (Å²) in [5.41, 5.74) is 7.08. The molecule has 0 aromatic heterocycles. The van der Waals surface area contributed by atoms with Gasteiger partial charge in [-0.3, -0.25) is 4.79 Å². The lowest BCUT2D eigenvalue weighted by Gasteiger charge is -2.32. The number of esters is 1. The normalized spacial score (nSPS) is 20.6. The van der Waals surface area contributed by atoms with E-state index in [9.17, 15) is 14.0 Å². The van der Waals surface area contributed by atoms with Crippen LogP contribution in [0.4, 0.5) is 4.39 Å². The number of allylic oxidation sites excluding steroid dienone is 2. The average Bonchev–Trinajstić information content (AvgIpc) is 2.55. The van der Waals surface area contributed by atoms with Gasteiger partial charge in [0.25, 0.3) is 0 Å². The van der Waals surface area contributed by atoms with Crippen molar-refractivity contribution in [3.63, 3.8) is 0 Å². The smallest absolute Gasteiger partial charge is 0.340 e. The Bertz CT molecular complexity index is 749. The lowest BCUT2D eigenvalue weighted by atomic mass is 9.77. The maximum Gasteiger partial charge on any atom is 0.340 e. The van der Waals surface area contributed by atoms with Crippen LogP contribution in [-0.4, -0.2) is 18.4 Å². The van der Waals surface area contributed by atoms with E-state index >= 15 is 0 Å². The number of hydrogen-bond donors (Lipinski definition) is 1. The van der Waals surface area contributed by atoms with Crippen LogP contribution in [-0.2, 0) is 19.1 Å². The van der Waals surface area contributed by atoms with Gasteiger partial charge in [-0.2, -0.15) is 0 Å². The number of halogens is 1. The third-order valence-corrected chi connectivity index (χ3v) is 4.18. The third kappa shape index (κ3) is 2.79. The van der Waals surface area contributed by atoms with Gasteiger partial charge in [-0.15, -0.1) is 0 Å². The van der Waals surface area contributed by atoms with Gasteiger partial charge in [-0.25, -0.2) is 9.18 Å². The minimum atomic E-state index is -0.693. The first-order valence-corrected chi connectivity index (χ1v) is 7.89. The second-order valence-corrected chi connectivity index (χ2v) is 5.70. The topological polar surface area (TPSA) is 78.6 Å². The molecule has 6 heteroatoms. The highest BCUT2D eigenvalue weighted by Gasteiger charge is 2.41. The highest BCUT2D eigenvalue weighted by atomic mass is 19.1. The van der Waals surface area contributed by atoms with Crippen molar-refractivity contribution in [3.05, 3.63) is 58.4 Å². The second kappa shape index (κ2) is 6.47. The number of benzene rings is 1. The standard InChI is InChI=1S/C18H18FNO4/c1-2-23-18(22)16-14(10-6-8-11(19)9-7-10)15-12(21)4-3-5-13(15)24-17(16)20/h6-9,14H,2-5,20H2,1H3. The van der Waals surface area contributed by atoms with Gasteiger partial charge in [0.2, 0.25) is 5.88 Å². The highest BCUT2D eigenvalue weighted by molar-refractivity contribution is 6.03. The van der Waals surface area contributed by atoms with Crippen LogP contribution in [0.15, 0.2) is 47.1 Å². The summed E-state index contributed by atoms with van der Waals surface area (Å²) in [6.45, 7) is 1.85. The number of ether oxygens (including phenoxy) is 2. The van der Waals surface area contributed by atoms with Crippen molar-refractivity contribution in [2.75, 3.05) is 6.61 Å². The molecule has 0 fully saturated rings. The minimum absolute atomic E-state index is 0.0591. The molecule has 0 spiro atoms.